The van der Waals surface area contributed by atoms with Crippen molar-refractivity contribution in [2.24, 2.45) is 0 Å². The van der Waals surface area contributed by atoms with Crippen molar-refractivity contribution in [3.05, 3.63) is 94.9 Å². The van der Waals surface area contributed by atoms with E-state index in [0.29, 0.717) is 12.2 Å². The van der Waals surface area contributed by atoms with E-state index in [-0.39, 0.29) is 17.5 Å². The van der Waals surface area contributed by atoms with Gasteiger partial charge in [-0.15, -0.1) is 0 Å². The first-order chi connectivity index (χ1) is 16.1. The number of carbonyl (C=O) groups is 1. The van der Waals surface area contributed by atoms with Crippen LogP contribution >= 0.6 is 0 Å². The lowest BCUT2D eigenvalue weighted by Gasteiger charge is -2.47. The second-order valence-electron chi connectivity index (χ2n) is 9.73. The molecular formula is C29H34N2O2. The molecule has 1 saturated heterocycles. The fourth-order valence-electron chi connectivity index (χ4n) is 5.83. The molecular weight excluding hydrogens is 408 g/mol. The van der Waals surface area contributed by atoms with E-state index in [0.717, 1.165) is 37.0 Å². The molecule has 0 spiro atoms. The molecule has 4 nitrogen and oxygen atoms in total. The molecule has 2 fully saturated rings. The number of amides is 1. The molecule has 4 heteroatoms. The summed E-state index contributed by atoms with van der Waals surface area (Å²) in [6, 6.07) is 23.4. The Hall–Kier alpha value is -2.85. The van der Waals surface area contributed by atoms with Crippen molar-refractivity contribution in [3.8, 4) is 0 Å². The zero-order chi connectivity index (χ0) is 22.7. The van der Waals surface area contributed by atoms with Crippen molar-refractivity contribution in [3.63, 3.8) is 0 Å². The Morgan fingerprint density at radius 3 is 2.30 bits per heavy atom. The van der Waals surface area contributed by atoms with Crippen LogP contribution in [0.1, 0.15) is 71.5 Å². The maximum atomic E-state index is 13.1. The molecule has 3 aromatic rings. The lowest BCUT2D eigenvalue weighted by molar-refractivity contribution is 0.0566. The first kappa shape index (κ1) is 22.0. The number of likely N-dealkylation sites (tertiary alicyclic amines) is 1. The predicted octanol–water partition coefficient (Wildman–Crippen LogP) is 5.84. The highest BCUT2D eigenvalue weighted by Gasteiger charge is 2.42. The summed E-state index contributed by atoms with van der Waals surface area (Å²) in [4.78, 5) is 15.8. The van der Waals surface area contributed by atoms with E-state index < -0.39 is 0 Å². The second kappa shape index (κ2) is 9.56. The topological polar surface area (TPSA) is 45.5 Å². The van der Waals surface area contributed by atoms with Crippen LogP contribution in [0.25, 0.3) is 0 Å². The molecule has 1 aliphatic heterocycles. The maximum absolute atomic E-state index is 13.1. The SMILES string of the molecule is Cc1cc(Cc2ccccc2)oc1C(=O)NC1CCC(c2ccccc2)(N2CCCC2)CC1. The Morgan fingerprint density at radius 1 is 1.00 bits per heavy atom. The quantitative estimate of drug-likeness (QED) is 0.521. The average molecular weight is 443 g/mol. The lowest BCUT2D eigenvalue weighted by atomic mass is 9.73. The van der Waals surface area contributed by atoms with Gasteiger partial charge >= 0.3 is 0 Å². The number of rotatable bonds is 6. The Kier molecular flexibility index (Phi) is 6.37. The molecule has 1 N–H and O–H groups in total. The Labute approximate surface area is 197 Å². The number of nitrogens with one attached hydrogen (secondary N) is 1. The Bertz CT molecular complexity index is 1060. The summed E-state index contributed by atoms with van der Waals surface area (Å²) >= 11 is 0. The number of carbonyl (C=O) groups excluding carboxylic acids is 1. The van der Waals surface area contributed by atoms with E-state index in [2.05, 4.69) is 52.7 Å². The van der Waals surface area contributed by atoms with Gasteiger partial charge < -0.3 is 9.73 Å². The van der Waals surface area contributed by atoms with Crippen LogP contribution in [0.15, 0.2) is 71.1 Å². The molecule has 1 aliphatic carbocycles. The molecule has 0 bridgehead atoms. The molecule has 0 radical (unpaired) electrons. The van der Waals surface area contributed by atoms with E-state index >= 15 is 0 Å². The minimum absolute atomic E-state index is 0.0785. The fourth-order valence-corrected chi connectivity index (χ4v) is 5.83. The van der Waals surface area contributed by atoms with Gasteiger partial charge in [-0.25, -0.2) is 0 Å². The van der Waals surface area contributed by atoms with Gasteiger partial charge in [0.05, 0.1) is 0 Å². The van der Waals surface area contributed by atoms with Crippen LogP contribution in [-0.4, -0.2) is 29.9 Å². The van der Waals surface area contributed by atoms with Gasteiger partial charge in [-0.3, -0.25) is 9.69 Å². The van der Waals surface area contributed by atoms with Crippen LogP contribution in [0.4, 0.5) is 0 Å². The van der Waals surface area contributed by atoms with Crippen LogP contribution in [0.3, 0.4) is 0 Å². The van der Waals surface area contributed by atoms with Crippen LogP contribution in [0.2, 0.25) is 0 Å². The van der Waals surface area contributed by atoms with E-state index in [9.17, 15) is 4.79 Å². The monoisotopic (exact) mass is 442 g/mol. The Morgan fingerprint density at radius 2 is 1.64 bits per heavy atom. The van der Waals surface area contributed by atoms with E-state index in [1.54, 1.807) is 0 Å². The minimum Gasteiger partial charge on any atom is -0.455 e. The molecule has 0 unspecified atom stereocenters. The highest BCUT2D eigenvalue weighted by Crippen LogP contribution is 2.44. The van der Waals surface area contributed by atoms with Crippen molar-refractivity contribution in [1.82, 2.24) is 10.2 Å². The largest absolute Gasteiger partial charge is 0.455 e. The van der Waals surface area contributed by atoms with Crippen molar-refractivity contribution < 1.29 is 9.21 Å². The van der Waals surface area contributed by atoms with Gasteiger partial charge in [0.15, 0.2) is 5.76 Å². The van der Waals surface area contributed by atoms with Gasteiger partial charge in [-0.1, -0.05) is 60.7 Å². The van der Waals surface area contributed by atoms with E-state index in [4.69, 9.17) is 4.42 Å². The summed E-state index contributed by atoms with van der Waals surface area (Å²) in [5.41, 5.74) is 3.64. The van der Waals surface area contributed by atoms with Gasteiger partial charge in [0.25, 0.3) is 5.91 Å². The maximum Gasteiger partial charge on any atom is 0.287 e. The molecule has 2 aliphatic rings. The summed E-state index contributed by atoms with van der Waals surface area (Å²) in [5.74, 6) is 1.22. The number of hydrogen-bond acceptors (Lipinski definition) is 3. The summed E-state index contributed by atoms with van der Waals surface area (Å²) in [6.07, 6.45) is 7.43. The Balaban J connectivity index is 1.25. The smallest absolute Gasteiger partial charge is 0.287 e. The summed E-state index contributed by atoms with van der Waals surface area (Å²) in [7, 11) is 0. The van der Waals surface area contributed by atoms with Gasteiger partial charge in [0, 0.05) is 23.6 Å². The van der Waals surface area contributed by atoms with E-state index in [1.165, 1.54) is 37.1 Å². The molecule has 1 aromatic heterocycles. The third kappa shape index (κ3) is 4.63. The van der Waals surface area contributed by atoms with Gasteiger partial charge in [0.1, 0.15) is 5.76 Å². The molecule has 0 atom stereocenters. The minimum atomic E-state index is -0.0785. The molecule has 2 aromatic carbocycles. The number of nitrogens with zero attached hydrogens (tertiary/aromatic N) is 1. The van der Waals surface area contributed by atoms with Gasteiger partial charge in [-0.05, 0) is 75.7 Å². The highest BCUT2D eigenvalue weighted by atomic mass is 16.4. The van der Waals surface area contributed by atoms with Crippen LogP contribution in [0.5, 0.6) is 0 Å². The molecule has 1 amide bonds. The normalized spacial score (nSPS) is 23.5. The molecule has 5 rings (SSSR count). The number of aryl methyl sites for hydroxylation is 1. The van der Waals surface area contributed by atoms with Crippen LogP contribution < -0.4 is 5.32 Å². The van der Waals surface area contributed by atoms with Crippen molar-refractivity contribution in [2.45, 2.75) is 63.5 Å². The lowest BCUT2D eigenvalue weighted by Crippen LogP contribution is -2.50. The third-order valence-electron chi connectivity index (χ3n) is 7.57. The zero-order valence-electron chi connectivity index (χ0n) is 19.6. The molecule has 1 saturated carbocycles. The first-order valence-electron chi connectivity index (χ1n) is 12.4. The van der Waals surface area contributed by atoms with Crippen molar-refractivity contribution in [1.29, 1.82) is 0 Å². The van der Waals surface area contributed by atoms with Crippen molar-refractivity contribution >= 4 is 5.91 Å². The molecule has 33 heavy (non-hydrogen) atoms. The summed E-state index contributed by atoms with van der Waals surface area (Å²) < 4.78 is 5.99. The number of benzene rings is 2. The third-order valence-corrected chi connectivity index (χ3v) is 7.57. The second-order valence-corrected chi connectivity index (χ2v) is 9.73. The number of hydrogen-bond donors (Lipinski definition) is 1. The fraction of sp³-hybridized carbons (Fsp3) is 0.414. The van der Waals surface area contributed by atoms with Gasteiger partial charge in [-0.2, -0.15) is 0 Å². The zero-order valence-corrected chi connectivity index (χ0v) is 19.6. The predicted molar refractivity (Wildman–Crippen MR) is 131 cm³/mol. The first-order valence-corrected chi connectivity index (χ1v) is 12.4. The number of furan rings is 1. The van der Waals surface area contributed by atoms with Crippen LogP contribution in [-0.2, 0) is 12.0 Å². The average Bonchev–Trinajstić information content (AvgIpc) is 3.51. The standard InChI is InChI=1S/C29H34N2O2/c1-22-20-26(21-23-10-4-2-5-11-23)33-27(22)28(32)30-25-14-16-29(17-15-25,31-18-8-9-19-31)24-12-6-3-7-13-24/h2-7,10-13,20,25H,8-9,14-19,21H2,1H3,(H,30,32). The molecule has 172 valence electrons. The molecule has 2 heterocycles. The van der Waals surface area contributed by atoms with E-state index in [1.807, 2.05) is 31.2 Å². The summed E-state index contributed by atoms with van der Waals surface area (Å²) in [5, 5.41) is 3.28. The van der Waals surface area contributed by atoms with Crippen LogP contribution in [0, 0.1) is 6.92 Å². The highest BCUT2D eigenvalue weighted by molar-refractivity contribution is 5.93. The summed E-state index contributed by atoms with van der Waals surface area (Å²) in [6.45, 7) is 4.32. The van der Waals surface area contributed by atoms with Crippen molar-refractivity contribution in [2.75, 3.05) is 13.1 Å². The van der Waals surface area contributed by atoms with Gasteiger partial charge in [0.2, 0.25) is 0 Å².